The molecule has 1 aliphatic rings. The van der Waals surface area contributed by atoms with Crippen LogP contribution in [0.4, 0.5) is 4.39 Å². The number of nitrogens with one attached hydrogen (secondary N) is 1. The van der Waals surface area contributed by atoms with Crippen molar-refractivity contribution in [3.63, 3.8) is 0 Å². The summed E-state index contributed by atoms with van der Waals surface area (Å²) in [6.45, 7) is 7.56. The fraction of sp³-hybridized carbons (Fsp3) is 0.647. The maximum absolute atomic E-state index is 14.1. The van der Waals surface area contributed by atoms with E-state index in [-0.39, 0.29) is 24.1 Å². The Kier molecular flexibility index (Phi) is 6.00. The molecule has 118 valence electrons. The van der Waals surface area contributed by atoms with Crippen molar-refractivity contribution < 1.29 is 13.9 Å². The van der Waals surface area contributed by atoms with Gasteiger partial charge >= 0.3 is 0 Å². The summed E-state index contributed by atoms with van der Waals surface area (Å²) in [6.07, 6.45) is 3.48. The minimum Gasteiger partial charge on any atom is -0.488 e. The first-order valence-corrected chi connectivity index (χ1v) is 7.91. The average molecular weight is 295 g/mol. The van der Waals surface area contributed by atoms with Gasteiger partial charge in [0.25, 0.3) is 0 Å². The summed E-state index contributed by atoms with van der Waals surface area (Å²) >= 11 is 0. The third-order valence-electron chi connectivity index (χ3n) is 3.90. The summed E-state index contributed by atoms with van der Waals surface area (Å²) in [7, 11) is 0. The van der Waals surface area contributed by atoms with E-state index in [1.807, 2.05) is 13.0 Å². The van der Waals surface area contributed by atoms with E-state index < -0.39 is 0 Å². The quantitative estimate of drug-likeness (QED) is 0.829. The van der Waals surface area contributed by atoms with Crippen LogP contribution in [-0.4, -0.2) is 25.4 Å². The molecule has 1 N–H and O–H groups in total. The molecule has 1 aromatic rings. The van der Waals surface area contributed by atoms with Gasteiger partial charge in [-0.3, -0.25) is 0 Å². The molecule has 1 aromatic carbocycles. The maximum Gasteiger partial charge on any atom is 0.165 e. The molecular formula is C17H26FNO2. The van der Waals surface area contributed by atoms with Crippen LogP contribution < -0.4 is 10.1 Å². The second-order valence-corrected chi connectivity index (χ2v) is 5.82. The van der Waals surface area contributed by atoms with Gasteiger partial charge in [0.2, 0.25) is 0 Å². The Labute approximate surface area is 126 Å². The molecule has 2 rings (SSSR count). The van der Waals surface area contributed by atoms with E-state index in [1.165, 1.54) is 0 Å². The van der Waals surface area contributed by atoms with Gasteiger partial charge in [0.05, 0.1) is 12.2 Å². The molecule has 1 saturated heterocycles. The first-order valence-electron chi connectivity index (χ1n) is 7.91. The predicted molar refractivity (Wildman–Crippen MR) is 82.2 cm³/mol. The number of benzene rings is 1. The molecule has 1 fully saturated rings. The third kappa shape index (κ3) is 4.68. The molecule has 3 unspecified atom stereocenters. The molecule has 3 atom stereocenters. The van der Waals surface area contributed by atoms with Gasteiger partial charge in [-0.25, -0.2) is 4.39 Å². The predicted octanol–water partition coefficient (Wildman–Crippen LogP) is 3.83. The van der Waals surface area contributed by atoms with Crippen molar-refractivity contribution in [3.8, 4) is 5.75 Å². The van der Waals surface area contributed by atoms with Crippen LogP contribution in [0.25, 0.3) is 0 Å². The molecule has 3 nitrogen and oxygen atoms in total. The molecule has 0 radical (unpaired) electrons. The average Bonchev–Trinajstić information content (AvgIpc) is 2.89. The standard InChI is InChI=1S/C17H26FNO2/c1-4-9-19-13(3)14-6-8-17(16(18)10-14)20-11-15-7-5-12(2)21-15/h6,8,10,12-13,15,19H,4-5,7,9,11H2,1-3H3. The molecule has 1 aliphatic heterocycles. The Hall–Kier alpha value is -1.13. The van der Waals surface area contributed by atoms with Crippen LogP contribution in [0.15, 0.2) is 18.2 Å². The van der Waals surface area contributed by atoms with Gasteiger partial charge in [-0.1, -0.05) is 13.0 Å². The molecule has 0 amide bonds. The van der Waals surface area contributed by atoms with E-state index in [0.717, 1.165) is 31.4 Å². The second-order valence-electron chi connectivity index (χ2n) is 5.82. The van der Waals surface area contributed by atoms with Crippen molar-refractivity contribution in [2.45, 2.75) is 58.3 Å². The van der Waals surface area contributed by atoms with Gasteiger partial charge in [-0.15, -0.1) is 0 Å². The van der Waals surface area contributed by atoms with Crippen LogP contribution in [0.3, 0.4) is 0 Å². The largest absolute Gasteiger partial charge is 0.488 e. The Morgan fingerprint density at radius 1 is 1.43 bits per heavy atom. The summed E-state index contributed by atoms with van der Waals surface area (Å²) < 4.78 is 25.3. The van der Waals surface area contributed by atoms with Crippen molar-refractivity contribution in [2.75, 3.05) is 13.2 Å². The van der Waals surface area contributed by atoms with Gasteiger partial charge in [-0.05, 0) is 57.4 Å². The first kappa shape index (κ1) is 16.2. The Morgan fingerprint density at radius 3 is 2.86 bits per heavy atom. The summed E-state index contributed by atoms with van der Waals surface area (Å²) in [6, 6.07) is 5.34. The summed E-state index contributed by atoms with van der Waals surface area (Å²) in [5.74, 6) is 0.00767. The van der Waals surface area contributed by atoms with Crippen LogP contribution in [0.2, 0.25) is 0 Å². The minimum atomic E-state index is -0.302. The Balaban J connectivity index is 1.89. The molecule has 0 saturated carbocycles. The number of rotatable bonds is 7. The Bertz CT molecular complexity index is 452. The number of hydrogen-bond donors (Lipinski definition) is 1. The van der Waals surface area contributed by atoms with E-state index >= 15 is 0 Å². The van der Waals surface area contributed by atoms with Gasteiger partial charge in [0.15, 0.2) is 11.6 Å². The summed E-state index contributed by atoms with van der Waals surface area (Å²) in [5, 5.41) is 3.35. The molecule has 0 aromatic heterocycles. The first-order chi connectivity index (χ1) is 10.1. The Morgan fingerprint density at radius 2 is 2.24 bits per heavy atom. The zero-order chi connectivity index (χ0) is 15.2. The smallest absolute Gasteiger partial charge is 0.165 e. The molecule has 21 heavy (non-hydrogen) atoms. The number of halogens is 1. The number of ether oxygens (including phenoxy) is 2. The highest BCUT2D eigenvalue weighted by molar-refractivity contribution is 5.31. The van der Waals surface area contributed by atoms with Crippen molar-refractivity contribution >= 4 is 0 Å². The van der Waals surface area contributed by atoms with Crippen LogP contribution in [0, 0.1) is 5.82 Å². The SMILES string of the molecule is CCCNC(C)c1ccc(OCC2CCC(C)O2)c(F)c1. The highest BCUT2D eigenvalue weighted by Crippen LogP contribution is 2.24. The second kappa shape index (κ2) is 7.76. The highest BCUT2D eigenvalue weighted by atomic mass is 19.1. The monoisotopic (exact) mass is 295 g/mol. The van der Waals surface area contributed by atoms with Crippen LogP contribution in [0.1, 0.15) is 51.6 Å². The summed E-state index contributed by atoms with van der Waals surface area (Å²) in [4.78, 5) is 0. The molecule has 1 heterocycles. The van der Waals surface area contributed by atoms with E-state index in [9.17, 15) is 4.39 Å². The molecular weight excluding hydrogens is 269 g/mol. The van der Waals surface area contributed by atoms with Gasteiger partial charge in [0, 0.05) is 6.04 Å². The molecule has 4 heteroatoms. The molecule has 0 bridgehead atoms. The number of hydrogen-bond acceptors (Lipinski definition) is 3. The van der Waals surface area contributed by atoms with Crippen LogP contribution in [-0.2, 0) is 4.74 Å². The van der Waals surface area contributed by atoms with Crippen molar-refractivity contribution in [3.05, 3.63) is 29.6 Å². The van der Waals surface area contributed by atoms with E-state index in [0.29, 0.717) is 12.4 Å². The third-order valence-corrected chi connectivity index (χ3v) is 3.90. The fourth-order valence-electron chi connectivity index (χ4n) is 2.57. The lowest BCUT2D eigenvalue weighted by Crippen LogP contribution is -2.20. The topological polar surface area (TPSA) is 30.5 Å². The van der Waals surface area contributed by atoms with Crippen molar-refractivity contribution in [2.24, 2.45) is 0 Å². The van der Waals surface area contributed by atoms with Crippen molar-refractivity contribution in [1.29, 1.82) is 0 Å². The lowest BCUT2D eigenvalue weighted by molar-refractivity contribution is 0.0256. The van der Waals surface area contributed by atoms with E-state index in [2.05, 4.69) is 19.2 Å². The van der Waals surface area contributed by atoms with Gasteiger partial charge < -0.3 is 14.8 Å². The maximum atomic E-state index is 14.1. The van der Waals surface area contributed by atoms with Crippen LogP contribution >= 0.6 is 0 Å². The minimum absolute atomic E-state index is 0.0872. The van der Waals surface area contributed by atoms with Gasteiger partial charge in [0.1, 0.15) is 6.61 Å². The fourth-order valence-corrected chi connectivity index (χ4v) is 2.57. The lowest BCUT2D eigenvalue weighted by atomic mass is 10.1. The zero-order valence-corrected chi connectivity index (χ0v) is 13.2. The van der Waals surface area contributed by atoms with Crippen LogP contribution in [0.5, 0.6) is 5.75 Å². The lowest BCUT2D eigenvalue weighted by Gasteiger charge is -2.16. The highest BCUT2D eigenvalue weighted by Gasteiger charge is 2.22. The normalized spacial score (nSPS) is 23.2. The summed E-state index contributed by atoms with van der Waals surface area (Å²) in [5.41, 5.74) is 0.944. The van der Waals surface area contributed by atoms with Crippen molar-refractivity contribution in [1.82, 2.24) is 5.32 Å². The molecule has 0 aliphatic carbocycles. The zero-order valence-electron chi connectivity index (χ0n) is 13.2. The van der Waals surface area contributed by atoms with E-state index in [4.69, 9.17) is 9.47 Å². The van der Waals surface area contributed by atoms with E-state index in [1.54, 1.807) is 12.1 Å². The molecule has 0 spiro atoms. The van der Waals surface area contributed by atoms with Gasteiger partial charge in [-0.2, -0.15) is 0 Å².